The number of hydrogen-bond donors (Lipinski definition) is 2. The van der Waals surface area contributed by atoms with E-state index < -0.39 is 0 Å². The van der Waals surface area contributed by atoms with Gasteiger partial charge in [-0.1, -0.05) is 46.0 Å². The van der Waals surface area contributed by atoms with Crippen LogP contribution in [0.15, 0.2) is 0 Å². The molecular formula is C16H33ClN2O. The van der Waals surface area contributed by atoms with Crippen LogP contribution in [0.5, 0.6) is 0 Å². The average Bonchev–Trinajstić information content (AvgIpc) is 2.37. The van der Waals surface area contributed by atoms with Gasteiger partial charge in [-0.05, 0) is 31.6 Å². The number of amides is 1. The van der Waals surface area contributed by atoms with Crippen molar-refractivity contribution in [3.63, 3.8) is 0 Å². The molecule has 0 spiro atoms. The molecule has 0 saturated heterocycles. The van der Waals surface area contributed by atoms with Gasteiger partial charge in [-0.15, -0.1) is 12.4 Å². The van der Waals surface area contributed by atoms with Crippen molar-refractivity contribution in [2.45, 2.75) is 77.7 Å². The van der Waals surface area contributed by atoms with E-state index in [1.54, 1.807) is 0 Å². The summed E-state index contributed by atoms with van der Waals surface area (Å²) < 4.78 is 0. The van der Waals surface area contributed by atoms with E-state index in [0.717, 1.165) is 44.6 Å². The molecule has 1 rings (SSSR count). The van der Waals surface area contributed by atoms with E-state index in [1.165, 1.54) is 25.7 Å². The molecule has 2 unspecified atom stereocenters. The smallest absolute Gasteiger partial charge is 0.223 e. The predicted molar refractivity (Wildman–Crippen MR) is 88.1 cm³/mol. The first-order valence-electron chi connectivity index (χ1n) is 8.13. The number of rotatable bonds is 8. The van der Waals surface area contributed by atoms with Crippen LogP contribution in [0.4, 0.5) is 0 Å². The van der Waals surface area contributed by atoms with E-state index in [1.807, 2.05) is 0 Å². The molecule has 3 N–H and O–H groups in total. The Hall–Kier alpha value is -0.280. The van der Waals surface area contributed by atoms with Crippen LogP contribution in [0.25, 0.3) is 0 Å². The van der Waals surface area contributed by atoms with Crippen LogP contribution in [0, 0.1) is 11.8 Å². The minimum atomic E-state index is 0. The lowest BCUT2D eigenvalue weighted by Gasteiger charge is -2.25. The maximum atomic E-state index is 12.0. The second-order valence-corrected chi connectivity index (χ2v) is 6.51. The van der Waals surface area contributed by atoms with Crippen molar-refractivity contribution in [2.75, 3.05) is 6.54 Å². The molecule has 3 nitrogen and oxygen atoms in total. The van der Waals surface area contributed by atoms with Gasteiger partial charge in [0.05, 0.1) is 0 Å². The normalized spacial score (nSPS) is 22.4. The van der Waals surface area contributed by atoms with Crippen molar-refractivity contribution in [2.24, 2.45) is 17.6 Å². The second-order valence-electron chi connectivity index (χ2n) is 6.51. The fourth-order valence-electron chi connectivity index (χ4n) is 2.85. The molecule has 0 radical (unpaired) electrons. The van der Waals surface area contributed by atoms with Crippen molar-refractivity contribution >= 4 is 18.3 Å². The van der Waals surface area contributed by atoms with E-state index in [0.29, 0.717) is 0 Å². The van der Waals surface area contributed by atoms with Crippen LogP contribution >= 0.6 is 12.4 Å². The molecule has 0 aromatic carbocycles. The minimum Gasteiger partial charge on any atom is -0.356 e. The van der Waals surface area contributed by atoms with E-state index in [-0.39, 0.29) is 30.3 Å². The molecule has 20 heavy (non-hydrogen) atoms. The van der Waals surface area contributed by atoms with Crippen LogP contribution in [0.2, 0.25) is 0 Å². The highest BCUT2D eigenvalue weighted by molar-refractivity contribution is 5.85. The van der Waals surface area contributed by atoms with E-state index in [4.69, 9.17) is 5.73 Å². The Labute approximate surface area is 130 Å². The standard InChI is InChI=1S/C16H32N2O.ClH/c1-13(2)8-5-3-4-6-11-18-16(19)14-9-7-10-15(17)12-14;/h13-15H,3-12,17H2,1-2H3,(H,18,19);1H. The van der Waals surface area contributed by atoms with Gasteiger partial charge in [-0.2, -0.15) is 0 Å². The first-order valence-corrected chi connectivity index (χ1v) is 8.13. The Morgan fingerprint density at radius 3 is 2.55 bits per heavy atom. The minimum absolute atomic E-state index is 0. The van der Waals surface area contributed by atoms with E-state index in [9.17, 15) is 4.79 Å². The third kappa shape index (κ3) is 8.80. The summed E-state index contributed by atoms with van der Waals surface area (Å²) >= 11 is 0. The van der Waals surface area contributed by atoms with Crippen LogP contribution in [-0.2, 0) is 4.79 Å². The molecule has 1 fully saturated rings. The second kappa shape index (κ2) is 11.4. The number of nitrogens with one attached hydrogen (secondary N) is 1. The summed E-state index contributed by atoms with van der Waals surface area (Å²) in [6, 6.07) is 0.237. The number of halogens is 1. The van der Waals surface area contributed by atoms with Crippen LogP contribution < -0.4 is 11.1 Å². The molecule has 0 bridgehead atoms. The Bertz CT molecular complexity index is 259. The summed E-state index contributed by atoms with van der Waals surface area (Å²) in [5.74, 6) is 1.22. The van der Waals surface area contributed by atoms with Crippen molar-refractivity contribution < 1.29 is 4.79 Å². The lowest BCUT2D eigenvalue weighted by Crippen LogP contribution is -2.38. The lowest BCUT2D eigenvalue weighted by atomic mass is 9.85. The zero-order chi connectivity index (χ0) is 14.1. The van der Waals surface area contributed by atoms with E-state index >= 15 is 0 Å². The molecule has 120 valence electrons. The molecule has 4 heteroatoms. The summed E-state index contributed by atoms with van der Waals surface area (Å²) in [5, 5.41) is 3.08. The fraction of sp³-hybridized carbons (Fsp3) is 0.938. The highest BCUT2D eigenvalue weighted by atomic mass is 35.5. The van der Waals surface area contributed by atoms with Gasteiger partial charge in [0.2, 0.25) is 5.91 Å². The van der Waals surface area contributed by atoms with Gasteiger partial charge in [0.15, 0.2) is 0 Å². The van der Waals surface area contributed by atoms with Crippen LogP contribution in [0.1, 0.15) is 71.6 Å². The molecule has 0 aromatic rings. The quantitative estimate of drug-likeness (QED) is 0.673. The van der Waals surface area contributed by atoms with Gasteiger partial charge >= 0.3 is 0 Å². The Kier molecular flexibility index (Phi) is 11.2. The van der Waals surface area contributed by atoms with Gasteiger partial charge < -0.3 is 11.1 Å². The Morgan fingerprint density at radius 1 is 1.20 bits per heavy atom. The number of hydrogen-bond acceptors (Lipinski definition) is 2. The van der Waals surface area contributed by atoms with Crippen molar-refractivity contribution in [1.82, 2.24) is 5.32 Å². The Morgan fingerprint density at radius 2 is 1.90 bits per heavy atom. The maximum absolute atomic E-state index is 12.0. The maximum Gasteiger partial charge on any atom is 0.223 e. The topological polar surface area (TPSA) is 55.1 Å². The summed E-state index contributed by atoms with van der Waals surface area (Å²) in [4.78, 5) is 12.0. The summed E-state index contributed by atoms with van der Waals surface area (Å²) in [5.41, 5.74) is 5.92. The molecular weight excluding hydrogens is 272 g/mol. The molecule has 1 aliphatic carbocycles. The van der Waals surface area contributed by atoms with Gasteiger partial charge in [0, 0.05) is 18.5 Å². The number of carbonyl (C=O) groups is 1. The Balaban J connectivity index is 0.00000361. The van der Waals surface area contributed by atoms with Crippen molar-refractivity contribution in [3.8, 4) is 0 Å². The van der Waals surface area contributed by atoms with Crippen molar-refractivity contribution in [1.29, 1.82) is 0 Å². The van der Waals surface area contributed by atoms with Gasteiger partial charge in [0.1, 0.15) is 0 Å². The highest BCUT2D eigenvalue weighted by Crippen LogP contribution is 2.23. The average molecular weight is 305 g/mol. The summed E-state index contributed by atoms with van der Waals surface area (Å²) in [7, 11) is 0. The number of carbonyl (C=O) groups excluding carboxylic acids is 1. The molecule has 0 heterocycles. The van der Waals surface area contributed by atoms with E-state index in [2.05, 4.69) is 19.2 Å². The largest absolute Gasteiger partial charge is 0.356 e. The fourth-order valence-corrected chi connectivity index (χ4v) is 2.85. The summed E-state index contributed by atoms with van der Waals surface area (Å²) in [6.07, 6.45) is 10.4. The van der Waals surface area contributed by atoms with Gasteiger partial charge in [0.25, 0.3) is 0 Å². The molecule has 1 saturated carbocycles. The molecule has 0 aromatic heterocycles. The van der Waals surface area contributed by atoms with Crippen molar-refractivity contribution in [3.05, 3.63) is 0 Å². The number of nitrogens with two attached hydrogens (primary N) is 1. The highest BCUT2D eigenvalue weighted by Gasteiger charge is 2.24. The number of unbranched alkanes of at least 4 members (excludes halogenated alkanes) is 3. The third-order valence-electron chi connectivity index (χ3n) is 4.09. The first-order chi connectivity index (χ1) is 9.09. The molecule has 2 atom stereocenters. The zero-order valence-corrected chi connectivity index (χ0v) is 14.0. The molecule has 1 amide bonds. The predicted octanol–water partition coefficient (Wildman–Crippen LogP) is 3.65. The SMILES string of the molecule is CC(C)CCCCCCNC(=O)C1CCCC(N)C1.Cl. The third-order valence-corrected chi connectivity index (χ3v) is 4.09. The van der Waals surface area contributed by atoms with Gasteiger partial charge in [-0.3, -0.25) is 4.79 Å². The molecule has 0 aliphatic heterocycles. The van der Waals surface area contributed by atoms with Crippen LogP contribution in [0.3, 0.4) is 0 Å². The first kappa shape index (κ1) is 19.7. The monoisotopic (exact) mass is 304 g/mol. The summed E-state index contributed by atoms with van der Waals surface area (Å²) in [6.45, 7) is 5.39. The molecule has 1 aliphatic rings. The van der Waals surface area contributed by atoms with Crippen LogP contribution in [-0.4, -0.2) is 18.5 Å². The zero-order valence-electron chi connectivity index (χ0n) is 13.2. The van der Waals surface area contributed by atoms with Gasteiger partial charge in [-0.25, -0.2) is 0 Å². The lowest BCUT2D eigenvalue weighted by molar-refractivity contribution is -0.126.